The lowest BCUT2D eigenvalue weighted by Gasteiger charge is -2.21. The van der Waals surface area contributed by atoms with Crippen LogP contribution in [0.1, 0.15) is 18.9 Å². The Bertz CT molecular complexity index is 356. The van der Waals surface area contributed by atoms with Gasteiger partial charge in [-0.05, 0) is 37.5 Å². The van der Waals surface area contributed by atoms with Crippen LogP contribution in [0.4, 0.5) is 4.39 Å². The molecule has 1 fully saturated rings. The fourth-order valence-corrected chi connectivity index (χ4v) is 2.40. The van der Waals surface area contributed by atoms with Crippen LogP contribution >= 0.6 is 0 Å². The number of hydrogen-bond acceptors (Lipinski definition) is 2. The normalized spacial score (nSPS) is 26.9. The van der Waals surface area contributed by atoms with Crippen molar-refractivity contribution >= 4 is 0 Å². The van der Waals surface area contributed by atoms with Crippen molar-refractivity contribution in [1.29, 1.82) is 0 Å². The Kier molecular flexibility index (Phi) is 3.56. The average molecular weight is 223 g/mol. The summed E-state index contributed by atoms with van der Waals surface area (Å²) < 4.78 is 18.5. The maximum absolute atomic E-state index is 13.0. The van der Waals surface area contributed by atoms with Crippen LogP contribution in [-0.2, 0) is 11.2 Å². The summed E-state index contributed by atoms with van der Waals surface area (Å²) in [7, 11) is 0. The summed E-state index contributed by atoms with van der Waals surface area (Å²) >= 11 is 0. The van der Waals surface area contributed by atoms with E-state index in [1.54, 1.807) is 12.1 Å². The number of ether oxygens (including phenoxy) is 1. The van der Waals surface area contributed by atoms with E-state index in [1.165, 1.54) is 6.07 Å². The molecule has 1 aliphatic heterocycles. The molecule has 2 nitrogen and oxygen atoms in total. The topological polar surface area (TPSA) is 35.2 Å². The monoisotopic (exact) mass is 223 g/mol. The minimum absolute atomic E-state index is 0.0549. The molecular formula is C13H18FNO. The first-order chi connectivity index (χ1) is 7.66. The van der Waals surface area contributed by atoms with Gasteiger partial charge in [-0.15, -0.1) is 0 Å². The molecule has 0 amide bonds. The maximum atomic E-state index is 13.0. The highest BCUT2D eigenvalue weighted by Crippen LogP contribution is 2.24. The predicted molar refractivity (Wildman–Crippen MR) is 61.6 cm³/mol. The van der Waals surface area contributed by atoms with Crippen LogP contribution in [0.2, 0.25) is 0 Å². The van der Waals surface area contributed by atoms with Gasteiger partial charge in [0, 0.05) is 18.6 Å². The number of rotatable bonds is 3. The molecule has 0 saturated carbocycles. The highest BCUT2D eigenvalue weighted by Gasteiger charge is 2.29. The van der Waals surface area contributed by atoms with E-state index in [0.29, 0.717) is 5.92 Å². The molecule has 0 aliphatic carbocycles. The SMILES string of the molecule is CC1OCCC1C(N)Cc1cccc(F)c1. The largest absolute Gasteiger partial charge is 0.378 e. The first kappa shape index (κ1) is 11.6. The van der Waals surface area contributed by atoms with E-state index in [0.717, 1.165) is 25.0 Å². The molecule has 3 atom stereocenters. The van der Waals surface area contributed by atoms with Crippen molar-refractivity contribution in [2.45, 2.75) is 31.9 Å². The van der Waals surface area contributed by atoms with Crippen molar-refractivity contribution < 1.29 is 9.13 Å². The van der Waals surface area contributed by atoms with Crippen molar-refractivity contribution in [3.05, 3.63) is 35.6 Å². The molecule has 3 unspecified atom stereocenters. The Morgan fingerprint density at radius 2 is 2.38 bits per heavy atom. The van der Waals surface area contributed by atoms with Gasteiger partial charge >= 0.3 is 0 Å². The second-order valence-electron chi connectivity index (χ2n) is 4.53. The summed E-state index contributed by atoms with van der Waals surface area (Å²) in [5.74, 6) is 0.198. The first-order valence-corrected chi connectivity index (χ1v) is 5.78. The van der Waals surface area contributed by atoms with Crippen molar-refractivity contribution in [3.63, 3.8) is 0 Å². The molecule has 0 aromatic heterocycles. The van der Waals surface area contributed by atoms with Crippen LogP contribution in [0.5, 0.6) is 0 Å². The van der Waals surface area contributed by atoms with Crippen molar-refractivity contribution in [3.8, 4) is 0 Å². The van der Waals surface area contributed by atoms with Crippen molar-refractivity contribution in [2.75, 3.05) is 6.61 Å². The van der Waals surface area contributed by atoms with Crippen LogP contribution in [-0.4, -0.2) is 18.8 Å². The van der Waals surface area contributed by atoms with E-state index in [-0.39, 0.29) is 18.0 Å². The second-order valence-corrected chi connectivity index (χ2v) is 4.53. The second kappa shape index (κ2) is 4.93. The molecule has 1 heterocycles. The van der Waals surface area contributed by atoms with Gasteiger partial charge in [-0.25, -0.2) is 4.39 Å². The van der Waals surface area contributed by atoms with Gasteiger partial charge in [-0.1, -0.05) is 12.1 Å². The Balaban J connectivity index is 1.99. The van der Waals surface area contributed by atoms with E-state index in [9.17, 15) is 4.39 Å². The Morgan fingerprint density at radius 3 is 3.00 bits per heavy atom. The summed E-state index contributed by atoms with van der Waals surface area (Å²) in [6.07, 6.45) is 1.96. The molecule has 2 rings (SSSR count). The summed E-state index contributed by atoms with van der Waals surface area (Å²) in [5.41, 5.74) is 7.11. The fraction of sp³-hybridized carbons (Fsp3) is 0.538. The van der Waals surface area contributed by atoms with E-state index in [4.69, 9.17) is 10.5 Å². The molecule has 1 aromatic carbocycles. The zero-order valence-corrected chi connectivity index (χ0v) is 9.53. The first-order valence-electron chi connectivity index (χ1n) is 5.78. The van der Waals surface area contributed by atoms with Gasteiger partial charge in [-0.2, -0.15) is 0 Å². The zero-order chi connectivity index (χ0) is 11.5. The van der Waals surface area contributed by atoms with Crippen molar-refractivity contribution in [1.82, 2.24) is 0 Å². The molecule has 0 bridgehead atoms. The molecule has 0 spiro atoms. The Morgan fingerprint density at radius 1 is 1.56 bits per heavy atom. The number of benzene rings is 1. The molecule has 16 heavy (non-hydrogen) atoms. The van der Waals surface area contributed by atoms with Gasteiger partial charge in [0.1, 0.15) is 5.82 Å². The van der Waals surface area contributed by atoms with Crippen LogP contribution < -0.4 is 5.73 Å². The fourth-order valence-electron chi connectivity index (χ4n) is 2.40. The minimum atomic E-state index is -0.194. The van der Waals surface area contributed by atoms with Gasteiger partial charge in [0.05, 0.1) is 6.10 Å². The van der Waals surface area contributed by atoms with Gasteiger partial charge in [0.15, 0.2) is 0 Å². The van der Waals surface area contributed by atoms with Gasteiger partial charge in [0.2, 0.25) is 0 Å². The van der Waals surface area contributed by atoms with Crippen LogP contribution in [0.3, 0.4) is 0 Å². The maximum Gasteiger partial charge on any atom is 0.123 e. The highest BCUT2D eigenvalue weighted by atomic mass is 19.1. The third-order valence-electron chi connectivity index (χ3n) is 3.35. The number of hydrogen-bond donors (Lipinski definition) is 1. The average Bonchev–Trinajstić information content (AvgIpc) is 2.64. The number of halogens is 1. The standard InChI is InChI=1S/C13H18FNO/c1-9-12(5-6-16-9)13(15)8-10-3-2-4-11(14)7-10/h2-4,7,9,12-13H,5-6,8,15H2,1H3. The van der Waals surface area contributed by atoms with Crippen LogP contribution in [0.15, 0.2) is 24.3 Å². The quantitative estimate of drug-likeness (QED) is 0.852. The third kappa shape index (κ3) is 2.60. The molecule has 3 heteroatoms. The van der Waals surface area contributed by atoms with Gasteiger partial charge < -0.3 is 10.5 Å². The Hall–Kier alpha value is -0.930. The molecular weight excluding hydrogens is 205 g/mol. The van der Waals surface area contributed by atoms with E-state index in [1.807, 2.05) is 6.07 Å². The molecule has 1 aromatic rings. The zero-order valence-electron chi connectivity index (χ0n) is 9.53. The number of nitrogens with two attached hydrogens (primary N) is 1. The smallest absolute Gasteiger partial charge is 0.123 e. The van der Waals surface area contributed by atoms with Crippen LogP contribution in [0, 0.1) is 11.7 Å². The van der Waals surface area contributed by atoms with Gasteiger partial charge in [-0.3, -0.25) is 0 Å². The summed E-state index contributed by atoms with van der Waals surface area (Å²) in [6, 6.07) is 6.71. The molecule has 2 N–H and O–H groups in total. The van der Waals surface area contributed by atoms with E-state index in [2.05, 4.69) is 6.92 Å². The van der Waals surface area contributed by atoms with E-state index >= 15 is 0 Å². The van der Waals surface area contributed by atoms with Gasteiger partial charge in [0.25, 0.3) is 0 Å². The highest BCUT2D eigenvalue weighted by molar-refractivity contribution is 5.17. The third-order valence-corrected chi connectivity index (χ3v) is 3.35. The lowest BCUT2D eigenvalue weighted by atomic mass is 9.89. The van der Waals surface area contributed by atoms with E-state index < -0.39 is 0 Å². The van der Waals surface area contributed by atoms with Crippen molar-refractivity contribution in [2.24, 2.45) is 11.7 Å². The summed E-state index contributed by atoms with van der Waals surface area (Å²) in [4.78, 5) is 0. The summed E-state index contributed by atoms with van der Waals surface area (Å²) in [5, 5.41) is 0. The summed E-state index contributed by atoms with van der Waals surface area (Å²) in [6.45, 7) is 2.85. The molecule has 0 radical (unpaired) electrons. The lowest BCUT2D eigenvalue weighted by molar-refractivity contribution is 0.0995. The van der Waals surface area contributed by atoms with Crippen LogP contribution in [0.25, 0.3) is 0 Å². The molecule has 1 aliphatic rings. The lowest BCUT2D eigenvalue weighted by Crippen LogP contribution is -2.36. The predicted octanol–water partition coefficient (Wildman–Crippen LogP) is 2.12. The molecule has 1 saturated heterocycles. The molecule has 88 valence electrons. The minimum Gasteiger partial charge on any atom is -0.378 e. The Labute approximate surface area is 95.6 Å².